The van der Waals surface area contributed by atoms with E-state index in [4.69, 9.17) is 0 Å². The Labute approximate surface area is 160 Å². The zero-order valence-electron chi connectivity index (χ0n) is 13.6. The fourth-order valence-corrected chi connectivity index (χ4v) is 4.91. The van der Waals surface area contributed by atoms with Gasteiger partial charge in [-0.2, -0.15) is 0 Å². The maximum absolute atomic E-state index is 12.2. The second-order valence-corrected chi connectivity index (χ2v) is 10.3. The van der Waals surface area contributed by atoms with Crippen molar-refractivity contribution in [2.45, 2.75) is 24.0 Å². The molecule has 0 aliphatic rings. The van der Waals surface area contributed by atoms with Crippen molar-refractivity contribution in [3.8, 4) is 11.3 Å². The fourth-order valence-electron chi connectivity index (χ4n) is 2.53. The standard InChI is InChI=1S/C16H14N3O4S.Tl/c1-10(2)24(22,23)13-6-3-11(4-7-13)16-14-9-12(19(20)21)5-8-15(14)17-18-16;/h3-10H,1-2H3;/q-1;+1. The Hall–Kier alpha value is -1.82. The number of fused-ring (bicyclic) bond motifs is 1. The summed E-state index contributed by atoms with van der Waals surface area (Å²) >= 11 is 0.406. The molecule has 126 valence electrons. The van der Waals surface area contributed by atoms with Crippen LogP contribution < -0.4 is 0 Å². The molecule has 0 fully saturated rings. The maximum atomic E-state index is 12.2. The third-order valence-corrected chi connectivity index (χ3v) is 7.68. The normalized spacial score (nSPS) is 11.9. The summed E-state index contributed by atoms with van der Waals surface area (Å²) in [7, 11) is -3.34. The third kappa shape index (κ3) is 3.19. The summed E-state index contributed by atoms with van der Waals surface area (Å²) in [6, 6.07) is 11.2. The van der Waals surface area contributed by atoms with E-state index >= 15 is 0 Å². The number of nitro groups is 1. The molecule has 7 nitrogen and oxygen atoms in total. The Bertz CT molecular complexity index is 1070. The number of sulfone groups is 1. The van der Waals surface area contributed by atoms with E-state index in [9.17, 15) is 18.5 Å². The van der Waals surface area contributed by atoms with Crippen LogP contribution in [0.3, 0.4) is 0 Å². The Balaban J connectivity index is 2.14. The molecule has 2 aromatic carbocycles. The first-order chi connectivity index (χ1) is 11.7. The molecule has 9 heteroatoms. The predicted molar refractivity (Wildman–Crippen MR) is 95.3 cm³/mol. The van der Waals surface area contributed by atoms with Gasteiger partial charge in [-0.15, -0.1) is 0 Å². The summed E-state index contributed by atoms with van der Waals surface area (Å²) < 4.78 is 26.3. The molecule has 1 aromatic heterocycles. The van der Waals surface area contributed by atoms with Crippen LogP contribution >= 0.6 is 0 Å². The van der Waals surface area contributed by atoms with Crippen LogP contribution in [-0.2, 0) is 9.84 Å². The number of non-ortho nitro benzene ring substituents is 1. The van der Waals surface area contributed by atoms with E-state index in [1.54, 1.807) is 44.2 Å². The van der Waals surface area contributed by atoms with E-state index < -0.39 is 20.0 Å². The van der Waals surface area contributed by atoms with Crippen LogP contribution in [0.25, 0.3) is 22.2 Å². The van der Waals surface area contributed by atoms with Gasteiger partial charge >= 0.3 is 161 Å². The number of hydrogen-bond donors (Lipinski definition) is 0. The quantitative estimate of drug-likeness (QED) is 0.284. The first-order valence-electron chi connectivity index (χ1n) is 7.48. The van der Waals surface area contributed by atoms with Gasteiger partial charge in [0, 0.05) is 0 Å². The molecule has 0 spiro atoms. The Morgan fingerprint density at radius 3 is 2.36 bits per heavy atom. The molecule has 0 amide bonds. The molecule has 3 aromatic rings. The van der Waals surface area contributed by atoms with Crippen molar-refractivity contribution in [1.29, 1.82) is 0 Å². The first-order valence-corrected chi connectivity index (χ1v) is 11.0. The molecular weight excluding hydrogens is 535 g/mol. The van der Waals surface area contributed by atoms with Crippen molar-refractivity contribution in [2.24, 2.45) is 0 Å². The van der Waals surface area contributed by atoms with Gasteiger partial charge in [-0.05, 0) is 0 Å². The van der Waals surface area contributed by atoms with Crippen LogP contribution in [0, 0.1) is 10.1 Å². The van der Waals surface area contributed by atoms with E-state index in [1.807, 2.05) is 2.49 Å². The molecule has 0 radical (unpaired) electrons. The molecule has 1 heterocycles. The molecule has 0 saturated carbocycles. The molecule has 0 aliphatic heterocycles. The van der Waals surface area contributed by atoms with Crippen molar-refractivity contribution in [3.63, 3.8) is 0 Å². The molecule has 0 atom stereocenters. The average molecular weight is 549 g/mol. The van der Waals surface area contributed by atoms with Crippen LogP contribution in [0.15, 0.2) is 47.4 Å². The van der Waals surface area contributed by atoms with Crippen molar-refractivity contribution >= 4 is 52.5 Å². The van der Waals surface area contributed by atoms with Crippen LogP contribution in [0.1, 0.15) is 13.8 Å². The second-order valence-electron chi connectivity index (χ2n) is 5.87. The zero-order chi connectivity index (χ0) is 18.4. The van der Waals surface area contributed by atoms with Crippen LogP contribution in [-0.4, -0.2) is 52.2 Å². The number of nitrogens with zero attached hydrogens (tertiary/aromatic N) is 3. The van der Waals surface area contributed by atoms with Crippen LogP contribution in [0.2, 0.25) is 0 Å². The van der Waals surface area contributed by atoms with Crippen molar-refractivity contribution in [1.82, 2.24) is 7.59 Å². The zero-order valence-corrected chi connectivity index (χ0v) is 18.9. The van der Waals surface area contributed by atoms with Gasteiger partial charge in [-0.1, -0.05) is 0 Å². The van der Waals surface area contributed by atoms with Gasteiger partial charge in [0.15, 0.2) is 0 Å². The van der Waals surface area contributed by atoms with Gasteiger partial charge in [0.2, 0.25) is 0 Å². The third-order valence-electron chi connectivity index (χ3n) is 3.98. The molecule has 3 rings (SSSR count). The van der Waals surface area contributed by atoms with Gasteiger partial charge in [0.05, 0.1) is 0 Å². The number of aromatic nitrogens is 2. The summed E-state index contributed by atoms with van der Waals surface area (Å²) in [4.78, 5) is 10.9. The Kier molecular flexibility index (Phi) is 4.66. The number of rotatable bonds is 4. The van der Waals surface area contributed by atoms with Gasteiger partial charge in [0.25, 0.3) is 0 Å². The van der Waals surface area contributed by atoms with Crippen molar-refractivity contribution in [2.75, 3.05) is 0 Å². The van der Waals surface area contributed by atoms with Gasteiger partial charge in [-0.3, -0.25) is 0 Å². The van der Waals surface area contributed by atoms with E-state index in [0.717, 1.165) is 11.1 Å². The number of benzene rings is 2. The van der Waals surface area contributed by atoms with Crippen molar-refractivity contribution < 1.29 is 13.3 Å². The molecule has 0 saturated heterocycles. The van der Waals surface area contributed by atoms with E-state index in [-0.39, 0.29) is 10.6 Å². The molecular formula is C16H14N3O4STl. The van der Waals surface area contributed by atoms with Crippen LogP contribution in [0.4, 0.5) is 5.69 Å². The SMILES string of the molecule is CC(C)S(=O)(=O)c1ccc(-c2n[n]([Tl])c3ccc([N+](=O)[O-])cc23)cc1. The predicted octanol–water partition coefficient (Wildman–Crippen LogP) is 2.73. The number of hydrogen-bond acceptors (Lipinski definition) is 5. The second kappa shape index (κ2) is 6.48. The fraction of sp³-hybridized carbons (Fsp3) is 0.188. The molecule has 25 heavy (non-hydrogen) atoms. The number of nitro benzene ring substituents is 1. The minimum atomic E-state index is -3.34. The molecule has 0 N–H and O–H groups in total. The summed E-state index contributed by atoms with van der Waals surface area (Å²) in [6.07, 6.45) is 0. The van der Waals surface area contributed by atoms with E-state index in [0.29, 0.717) is 37.1 Å². The van der Waals surface area contributed by atoms with E-state index in [1.165, 1.54) is 12.1 Å². The van der Waals surface area contributed by atoms with Crippen molar-refractivity contribution in [3.05, 3.63) is 52.6 Å². The van der Waals surface area contributed by atoms with Gasteiger partial charge < -0.3 is 0 Å². The van der Waals surface area contributed by atoms with E-state index in [2.05, 4.69) is 5.10 Å². The summed E-state index contributed by atoms with van der Waals surface area (Å²) in [5.41, 5.74) is 2.19. The summed E-state index contributed by atoms with van der Waals surface area (Å²) in [5.74, 6) is 0. The van der Waals surface area contributed by atoms with Gasteiger partial charge in [0.1, 0.15) is 0 Å². The molecule has 0 bridgehead atoms. The van der Waals surface area contributed by atoms with Gasteiger partial charge in [-0.25, -0.2) is 0 Å². The minimum absolute atomic E-state index is 0.00533. The first kappa shape index (κ1) is 18.0. The topological polar surface area (TPSA) is 95.1 Å². The summed E-state index contributed by atoms with van der Waals surface area (Å²) in [5, 5.41) is 15.7. The Morgan fingerprint density at radius 2 is 1.80 bits per heavy atom. The van der Waals surface area contributed by atoms with Crippen LogP contribution in [0.5, 0.6) is 0 Å². The molecule has 0 aliphatic carbocycles. The monoisotopic (exact) mass is 549 g/mol. The summed E-state index contributed by atoms with van der Waals surface area (Å²) in [6.45, 7) is 3.28. The Morgan fingerprint density at radius 1 is 1.16 bits per heavy atom. The average Bonchev–Trinajstić information content (AvgIpc) is 2.91. The molecule has 0 unspecified atom stereocenters.